The molecule has 1 amide bonds. The van der Waals surface area contributed by atoms with Crippen molar-refractivity contribution in [1.82, 2.24) is 4.90 Å². The normalized spacial score (nSPS) is 26.1. The van der Waals surface area contributed by atoms with Crippen LogP contribution in [0.25, 0.3) is 0 Å². The molecule has 16 heavy (non-hydrogen) atoms. The maximum atomic E-state index is 12.1. The van der Waals surface area contributed by atoms with Crippen molar-refractivity contribution < 1.29 is 9.53 Å². The monoisotopic (exact) mass is 224 g/mol. The van der Waals surface area contributed by atoms with Crippen LogP contribution < -0.4 is 0 Å². The molecule has 1 aliphatic heterocycles. The summed E-state index contributed by atoms with van der Waals surface area (Å²) in [5.41, 5.74) is 0. The molecule has 0 aromatic carbocycles. The number of nitrogens with zero attached hydrogens (tertiary/aromatic N) is 2. The molecule has 0 aromatic rings. The number of likely N-dealkylation sites (N-methyl/N-ethyl adjacent to an activating group) is 1. The molecule has 1 saturated heterocycles. The summed E-state index contributed by atoms with van der Waals surface area (Å²) >= 11 is 0. The van der Waals surface area contributed by atoms with Crippen molar-refractivity contribution in [3.8, 4) is 6.07 Å². The van der Waals surface area contributed by atoms with Crippen LogP contribution in [-0.2, 0) is 9.53 Å². The Morgan fingerprint density at radius 1 is 1.62 bits per heavy atom. The molecule has 1 heterocycles. The van der Waals surface area contributed by atoms with Gasteiger partial charge in [0.1, 0.15) is 6.10 Å². The van der Waals surface area contributed by atoms with Crippen LogP contribution in [0.3, 0.4) is 0 Å². The second kappa shape index (κ2) is 5.86. The molecule has 4 nitrogen and oxygen atoms in total. The van der Waals surface area contributed by atoms with Gasteiger partial charge in [0.15, 0.2) is 0 Å². The SMILES string of the molecule is CCN(CC(C)C#N)C(=O)C1CCC(C)O1. The van der Waals surface area contributed by atoms with Gasteiger partial charge < -0.3 is 9.64 Å². The maximum absolute atomic E-state index is 12.1. The summed E-state index contributed by atoms with van der Waals surface area (Å²) in [7, 11) is 0. The van der Waals surface area contributed by atoms with Crippen molar-refractivity contribution in [2.75, 3.05) is 13.1 Å². The molecule has 1 rings (SSSR count). The minimum Gasteiger partial charge on any atom is -0.365 e. The number of hydrogen-bond acceptors (Lipinski definition) is 3. The van der Waals surface area contributed by atoms with E-state index >= 15 is 0 Å². The quantitative estimate of drug-likeness (QED) is 0.728. The zero-order valence-corrected chi connectivity index (χ0v) is 10.3. The fourth-order valence-corrected chi connectivity index (χ4v) is 1.93. The Bertz CT molecular complexity index is 285. The third-order valence-electron chi connectivity index (χ3n) is 2.92. The van der Waals surface area contributed by atoms with Crippen molar-refractivity contribution in [2.24, 2.45) is 5.92 Å². The summed E-state index contributed by atoms with van der Waals surface area (Å²) in [6.45, 7) is 6.88. The molecule has 0 radical (unpaired) electrons. The van der Waals surface area contributed by atoms with Gasteiger partial charge in [0, 0.05) is 13.1 Å². The third kappa shape index (κ3) is 3.21. The second-order valence-electron chi connectivity index (χ2n) is 4.42. The number of carbonyl (C=O) groups is 1. The van der Waals surface area contributed by atoms with Crippen molar-refractivity contribution in [2.45, 2.75) is 45.8 Å². The highest BCUT2D eigenvalue weighted by atomic mass is 16.5. The van der Waals surface area contributed by atoms with Crippen molar-refractivity contribution in [1.29, 1.82) is 5.26 Å². The first-order chi connectivity index (χ1) is 7.58. The van der Waals surface area contributed by atoms with Gasteiger partial charge in [0.05, 0.1) is 18.1 Å². The Hall–Kier alpha value is -1.08. The molecule has 90 valence electrons. The largest absolute Gasteiger partial charge is 0.365 e. The average molecular weight is 224 g/mol. The van der Waals surface area contributed by atoms with Crippen molar-refractivity contribution in [3.05, 3.63) is 0 Å². The Morgan fingerprint density at radius 3 is 2.75 bits per heavy atom. The topological polar surface area (TPSA) is 53.3 Å². The van der Waals surface area contributed by atoms with Gasteiger partial charge in [0.25, 0.3) is 5.91 Å². The zero-order chi connectivity index (χ0) is 12.1. The van der Waals surface area contributed by atoms with E-state index in [9.17, 15) is 4.79 Å². The van der Waals surface area contributed by atoms with E-state index in [0.717, 1.165) is 12.8 Å². The molecular weight excluding hydrogens is 204 g/mol. The first-order valence-corrected chi connectivity index (χ1v) is 5.92. The van der Waals surface area contributed by atoms with Gasteiger partial charge in [-0.05, 0) is 33.6 Å². The van der Waals surface area contributed by atoms with E-state index in [-0.39, 0.29) is 24.0 Å². The number of hydrogen-bond donors (Lipinski definition) is 0. The van der Waals surface area contributed by atoms with Crippen molar-refractivity contribution >= 4 is 5.91 Å². The molecule has 3 atom stereocenters. The first kappa shape index (κ1) is 13.0. The van der Waals surface area contributed by atoms with Crippen LogP contribution in [0.5, 0.6) is 0 Å². The van der Waals surface area contributed by atoms with Gasteiger partial charge in [-0.1, -0.05) is 0 Å². The van der Waals surface area contributed by atoms with Crippen LogP contribution in [0.4, 0.5) is 0 Å². The van der Waals surface area contributed by atoms with Crippen LogP contribution in [0.2, 0.25) is 0 Å². The standard InChI is InChI=1S/C12H20N2O2/c1-4-14(8-9(2)7-13)12(15)11-6-5-10(3)16-11/h9-11H,4-6,8H2,1-3H3. The van der Waals surface area contributed by atoms with Crippen LogP contribution in [-0.4, -0.2) is 36.1 Å². The Labute approximate surface area is 97.2 Å². The second-order valence-corrected chi connectivity index (χ2v) is 4.42. The van der Waals surface area contributed by atoms with Crippen LogP contribution in [0, 0.1) is 17.2 Å². The summed E-state index contributed by atoms with van der Waals surface area (Å²) in [5.74, 6) is -0.0864. The van der Waals surface area contributed by atoms with E-state index in [1.54, 1.807) is 4.90 Å². The molecule has 1 aliphatic rings. The fourth-order valence-electron chi connectivity index (χ4n) is 1.93. The van der Waals surface area contributed by atoms with Gasteiger partial charge in [-0.3, -0.25) is 4.79 Å². The van der Waals surface area contributed by atoms with E-state index in [1.807, 2.05) is 20.8 Å². The zero-order valence-electron chi connectivity index (χ0n) is 10.3. The number of rotatable bonds is 4. The molecule has 3 unspecified atom stereocenters. The molecule has 0 spiro atoms. The minimum atomic E-state index is -0.291. The first-order valence-electron chi connectivity index (χ1n) is 5.92. The molecule has 0 N–H and O–H groups in total. The summed E-state index contributed by atoms with van der Waals surface area (Å²) in [4.78, 5) is 13.8. The Morgan fingerprint density at radius 2 is 2.31 bits per heavy atom. The van der Waals surface area contributed by atoms with Gasteiger partial charge in [-0.15, -0.1) is 0 Å². The molecule has 0 bridgehead atoms. The molecule has 0 aliphatic carbocycles. The van der Waals surface area contributed by atoms with Gasteiger partial charge in [-0.2, -0.15) is 5.26 Å². The van der Waals surface area contributed by atoms with Crippen LogP contribution in [0.1, 0.15) is 33.6 Å². The van der Waals surface area contributed by atoms with Crippen LogP contribution in [0.15, 0.2) is 0 Å². The summed E-state index contributed by atoms with van der Waals surface area (Å²) in [5, 5.41) is 8.75. The van der Waals surface area contributed by atoms with Crippen molar-refractivity contribution in [3.63, 3.8) is 0 Å². The highest BCUT2D eigenvalue weighted by Crippen LogP contribution is 2.21. The highest BCUT2D eigenvalue weighted by molar-refractivity contribution is 5.81. The summed E-state index contributed by atoms with van der Waals surface area (Å²) in [6, 6.07) is 2.15. The molecule has 0 aromatic heterocycles. The Balaban J connectivity index is 2.53. The molecular formula is C12H20N2O2. The Kier molecular flexibility index (Phi) is 4.75. The third-order valence-corrected chi connectivity index (χ3v) is 2.92. The summed E-state index contributed by atoms with van der Waals surface area (Å²) < 4.78 is 5.55. The van der Waals surface area contributed by atoms with E-state index in [2.05, 4.69) is 6.07 Å². The van der Waals surface area contributed by atoms with Gasteiger partial charge >= 0.3 is 0 Å². The van der Waals surface area contributed by atoms with E-state index in [4.69, 9.17) is 10.00 Å². The lowest BCUT2D eigenvalue weighted by Gasteiger charge is -2.24. The lowest BCUT2D eigenvalue weighted by molar-refractivity contribution is -0.142. The lowest BCUT2D eigenvalue weighted by Crippen LogP contribution is -2.41. The predicted molar refractivity (Wildman–Crippen MR) is 60.6 cm³/mol. The lowest BCUT2D eigenvalue weighted by atomic mass is 10.1. The summed E-state index contributed by atoms with van der Waals surface area (Å²) in [6.07, 6.45) is 1.64. The van der Waals surface area contributed by atoms with Gasteiger partial charge in [-0.25, -0.2) is 0 Å². The maximum Gasteiger partial charge on any atom is 0.251 e. The number of amides is 1. The van der Waals surface area contributed by atoms with Gasteiger partial charge in [0.2, 0.25) is 0 Å². The molecule has 0 saturated carbocycles. The number of nitriles is 1. The van der Waals surface area contributed by atoms with E-state index < -0.39 is 0 Å². The molecule has 1 fully saturated rings. The minimum absolute atomic E-state index is 0.0361. The van der Waals surface area contributed by atoms with Crippen LogP contribution >= 0.6 is 0 Å². The number of ether oxygens (including phenoxy) is 1. The predicted octanol–water partition coefficient (Wildman–Crippen LogP) is 1.56. The average Bonchev–Trinajstić information content (AvgIpc) is 2.71. The van der Waals surface area contributed by atoms with E-state index in [0.29, 0.717) is 13.1 Å². The van der Waals surface area contributed by atoms with E-state index in [1.165, 1.54) is 0 Å². The fraction of sp³-hybridized carbons (Fsp3) is 0.833. The highest BCUT2D eigenvalue weighted by Gasteiger charge is 2.31. The molecule has 4 heteroatoms. The smallest absolute Gasteiger partial charge is 0.251 e. The number of carbonyl (C=O) groups excluding carboxylic acids is 1.